The lowest BCUT2D eigenvalue weighted by Gasteiger charge is -2.30. The Kier molecular flexibility index (Phi) is 3.46. The van der Waals surface area contributed by atoms with Gasteiger partial charge < -0.3 is 4.90 Å². The second-order valence-corrected chi connectivity index (χ2v) is 4.76. The quantitative estimate of drug-likeness (QED) is 0.748. The molecule has 2 rings (SSSR count). The highest BCUT2D eigenvalue weighted by molar-refractivity contribution is 5.77. The van der Waals surface area contributed by atoms with Crippen molar-refractivity contribution in [3.05, 3.63) is 29.6 Å². The summed E-state index contributed by atoms with van der Waals surface area (Å²) < 4.78 is 13.4. The first-order chi connectivity index (χ1) is 8.15. The lowest BCUT2D eigenvalue weighted by molar-refractivity contribution is 0.112. The van der Waals surface area contributed by atoms with Gasteiger partial charge in [0.05, 0.1) is 0 Å². The van der Waals surface area contributed by atoms with Gasteiger partial charge in [0, 0.05) is 23.3 Å². The monoisotopic (exact) mass is 235 g/mol. The van der Waals surface area contributed by atoms with Crippen LogP contribution in [0.2, 0.25) is 0 Å². The number of halogens is 1. The van der Waals surface area contributed by atoms with Crippen molar-refractivity contribution in [3.8, 4) is 0 Å². The second-order valence-electron chi connectivity index (χ2n) is 4.76. The first-order valence-corrected chi connectivity index (χ1v) is 6.19. The Labute approximate surface area is 101 Å². The fourth-order valence-corrected chi connectivity index (χ4v) is 2.75. The van der Waals surface area contributed by atoms with E-state index in [2.05, 4.69) is 18.7 Å². The minimum absolute atomic E-state index is 0.335. The van der Waals surface area contributed by atoms with Crippen molar-refractivity contribution in [2.24, 2.45) is 0 Å². The molecule has 17 heavy (non-hydrogen) atoms. The van der Waals surface area contributed by atoms with E-state index in [-0.39, 0.29) is 5.82 Å². The minimum Gasteiger partial charge on any atom is -0.366 e. The molecule has 2 nitrogen and oxygen atoms in total. The normalized spacial score (nSPS) is 24.1. The van der Waals surface area contributed by atoms with E-state index in [1.54, 1.807) is 6.07 Å². The van der Waals surface area contributed by atoms with Gasteiger partial charge in [-0.3, -0.25) is 4.79 Å². The SMILES string of the molecule is CCC1CCC(C)N1c1cc(F)cc(C=O)c1. The number of aldehydes is 1. The van der Waals surface area contributed by atoms with Crippen LogP contribution in [0.3, 0.4) is 0 Å². The molecule has 2 atom stereocenters. The molecule has 0 aromatic heterocycles. The summed E-state index contributed by atoms with van der Waals surface area (Å²) in [4.78, 5) is 13.0. The van der Waals surface area contributed by atoms with Crippen molar-refractivity contribution in [2.75, 3.05) is 4.90 Å². The Balaban J connectivity index is 2.37. The molecule has 0 N–H and O–H groups in total. The molecule has 1 fully saturated rings. The molecule has 0 spiro atoms. The van der Waals surface area contributed by atoms with Gasteiger partial charge in [0.15, 0.2) is 0 Å². The molecule has 2 unspecified atom stereocenters. The van der Waals surface area contributed by atoms with Gasteiger partial charge in [-0.25, -0.2) is 4.39 Å². The fourth-order valence-electron chi connectivity index (χ4n) is 2.75. The molecule has 3 heteroatoms. The molecule has 1 aliphatic heterocycles. The van der Waals surface area contributed by atoms with Gasteiger partial charge >= 0.3 is 0 Å². The number of rotatable bonds is 3. The maximum atomic E-state index is 13.4. The average Bonchev–Trinajstić information content (AvgIpc) is 2.69. The van der Waals surface area contributed by atoms with Gasteiger partial charge in [0.2, 0.25) is 0 Å². The highest BCUT2D eigenvalue weighted by Crippen LogP contribution is 2.32. The van der Waals surface area contributed by atoms with Crippen LogP contribution in [0, 0.1) is 5.82 Å². The average molecular weight is 235 g/mol. The van der Waals surface area contributed by atoms with E-state index in [0.29, 0.717) is 23.9 Å². The first-order valence-electron chi connectivity index (χ1n) is 6.19. The molecule has 0 bridgehead atoms. The number of carbonyl (C=O) groups is 1. The summed E-state index contributed by atoms with van der Waals surface area (Å²) >= 11 is 0. The molecule has 1 aliphatic rings. The van der Waals surface area contributed by atoms with Crippen LogP contribution in [0.5, 0.6) is 0 Å². The third kappa shape index (κ3) is 2.33. The van der Waals surface area contributed by atoms with Crippen LogP contribution in [0.15, 0.2) is 18.2 Å². The second kappa shape index (κ2) is 4.86. The van der Waals surface area contributed by atoms with Crippen LogP contribution in [0.25, 0.3) is 0 Å². The van der Waals surface area contributed by atoms with E-state index >= 15 is 0 Å². The highest BCUT2D eigenvalue weighted by Gasteiger charge is 2.29. The van der Waals surface area contributed by atoms with E-state index in [1.165, 1.54) is 12.1 Å². The van der Waals surface area contributed by atoms with Gasteiger partial charge in [-0.15, -0.1) is 0 Å². The third-order valence-corrected chi connectivity index (χ3v) is 3.60. The van der Waals surface area contributed by atoms with Crippen LogP contribution in [0.1, 0.15) is 43.5 Å². The predicted molar refractivity (Wildman–Crippen MR) is 67.0 cm³/mol. The lowest BCUT2D eigenvalue weighted by atomic mass is 10.1. The Morgan fingerprint density at radius 2 is 2.18 bits per heavy atom. The van der Waals surface area contributed by atoms with Crippen molar-refractivity contribution < 1.29 is 9.18 Å². The smallest absolute Gasteiger partial charge is 0.150 e. The summed E-state index contributed by atoms with van der Waals surface area (Å²) in [5.74, 6) is -0.335. The van der Waals surface area contributed by atoms with E-state index in [4.69, 9.17) is 0 Å². The molecule has 1 aromatic carbocycles. The molecular formula is C14H18FNO. The van der Waals surface area contributed by atoms with Gasteiger partial charge in [-0.2, -0.15) is 0 Å². The summed E-state index contributed by atoms with van der Waals surface area (Å²) in [5.41, 5.74) is 1.25. The van der Waals surface area contributed by atoms with Crippen molar-refractivity contribution in [1.29, 1.82) is 0 Å². The molecule has 0 radical (unpaired) electrons. The maximum absolute atomic E-state index is 13.4. The fraction of sp³-hybridized carbons (Fsp3) is 0.500. The zero-order chi connectivity index (χ0) is 12.4. The number of nitrogens with zero attached hydrogens (tertiary/aromatic N) is 1. The molecule has 0 amide bonds. The molecule has 1 aromatic rings. The summed E-state index contributed by atoms with van der Waals surface area (Å²) in [6.07, 6.45) is 4.03. The maximum Gasteiger partial charge on any atom is 0.150 e. The Morgan fingerprint density at radius 1 is 1.41 bits per heavy atom. The number of benzene rings is 1. The molecular weight excluding hydrogens is 217 g/mol. The third-order valence-electron chi connectivity index (χ3n) is 3.60. The number of hydrogen-bond acceptors (Lipinski definition) is 2. The molecule has 0 aliphatic carbocycles. The van der Waals surface area contributed by atoms with E-state index in [1.807, 2.05) is 0 Å². The van der Waals surface area contributed by atoms with Gasteiger partial charge in [0.25, 0.3) is 0 Å². The minimum atomic E-state index is -0.335. The Hall–Kier alpha value is -1.38. The Morgan fingerprint density at radius 3 is 2.82 bits per heavy atom. The zero-order valence-electron chi connectivity index (χ0n) is 10.3. The van der Waals surface area contributed by atoms with Gasteiger partial charge in [0.1, 0.15) is 12.1 Å². The lowest BCUT2D eigenvalue weighted by Crippen LogP contribution is -2.34. The largest absolute Gasteiger partial charge is 0.366 e. The predicted octanol–water partition coefficient (Wildman–Crippen LogP) is 3.41. The van der Waals surface area contributed by atoms with E-state index in [0.717, 1.165) is 24.9 Å². The van der Waals surface area contributed by atoms with E-state index in [9.17, 15) is 9.18 Å². The van der Waals surface area contributed by atoms with Crippen molar-refractivity contribution in [2.45, 2.75) is 45.2 Å². The molecule has 92 valence electrons. The van der Waals surface area contributed by atoms with Crippen LogP contribution < -0.4 is 4.90 Å². The highest BCUT2D eigenvalue weighted by atomic mass is 19.1. The Bertz CT molecular complexity index is 419. The van der Waals surface area contributed by atoms with Gasteiger partial charge in [-0.05, 0) is 44.4 Å². The van der Waals surface area contributed by atoms with E-state index < -0.39 is 0 Å². The summed E-state index contributed by atoms with van der Waals surface area (Å²) in [6, 6.07) is 5.46. The summed E-state index contributed by atoms with van der Waals surface area (Å²) in [5, 5.41) is 0. The van der Waals surface area contributed by atoms with Crippen molar-refractivity contribution >= 4 is 12.0 Å². The van der Waals surface area contributed by atoms with Crippen LogP contribution in [-0.2, 0) is 0 Å². The molecule has 0 saturated carbocycles. The number of anilines is 1. The topological polar surface area (TPSA) is 20.3 Å². The van der Waals surface area contributed by atoms with Crippen molar-refractivity contribution in [3.63, 3.8) is 0 Å². The van der Waals surface area contributed by atoms with Gasteiger partial charge in [-0.1, -0.05) is 6.92 Å². The summed E-state index contributed by atoms with van der Waals surface area (Å²) in [6.45, 7) is 4.30. The van der Waals surface area contributed by atoms with Crippen LogP contribution >= 0.6 is 0 Å². The number of hydrogen-bond donors (Lipinski definition) is 0. The molecule has 1 heterocycles. The first kappa shape index (κ1) is 12.1. The summed E-state index contributed by atoms with van der Waals surface area (Å²) in [7, 11) is 0. The van der Waals surface area contributed by atoms with Crippen LogP contribution in [0.4, 0.5) is 10.1 Å². The number of carbonyl (C=O) groups excluding carboxylic acids is 1. The van der Waals surface area contributed by atoms with Crippen LogP contribution in [-0.4, -0.2) is 18.4 Å². The zero-order valence-corrected chi connectivity index (χ0v) is 10.3. The molecule has 1 saturated heterocycles. The van der Waals surface area contributed by atoms with Crippen molar-refractivity contribution in [1.82, 2.24) is 0 Å². The standard InChI is InChI=1S/C14H18FNO/c1-3-13-5-4-10(2)16(13)14-7-11(9-17)6-12(15)8-14/h6-10,13H,3-5H2,1-2H3.